The van der Waals surface area contributed by atoms with Gasteiger partial charge in [0.25, 0.3) is 5.91 Å². The zero-order valence-electron chi connectivity index (χ0n) is 15.2. The summed E-state index contributed by atoms with van der Waals surface area (Å²) in [4.78, 5) is 12.9. The van der Waals surface area contributed by atoms with E-state index in [-0.39, 0.29) is 0 Å². The average Bonchev–Trinajstić information content (AvgIpc) is 2.74. The van der Waals surface area contributed by atoms with Gasteiger partial charge in [-0.3, -0.25) is 4.79 Å². The molecular formula is C22H19IN2O3. The third kappa shape index (κ3) is 4.23. The molecule has 0 saturated carbocycles. The van der Waals surface area contributed by atoms with Crippen LogP contribution in [0.5, 0.6) is 5.75 Å². The van der Waals surface area contributed by atoms with Crippen molar-refractivity contribution in [2.45, 2.75) is 5.60 Å². The van der Waals surface area contributed by atoms with Crippen LogP contribution in [-0.2, 0) is 10.4 Å². The molecule has 0 bridgehead atoms. The minimum absolute atomic E-state index is 0.466. The van der Waals surface area contributed by atoms with Crippen LogP contribution in [0.25, 0.3) is 0 Å². The number of ether oxygens (including phenoxy) is 1. The van der Waals surface area contributed by atoms with Gasteiger partial charge in [0.15, 0.2) is 5.60 Å². The number of carbonyl (C=O) groups is 1. The lowest BCUT2D eigenvalue weighted by atomic mass is 9.85. The molecule has 1 amide bonds. The summed E-state index contributed by atoms with van der Waals surface area (Å²) in [5, 5.41) is 15.4. The van der Waals surface area contributed by atoms with Crippen molar-refractivity contribution >= 4 is 34.7 Å². The third-order valence-electron chi connectivity index (χ3n) is 4.27. The van der Waals surface area contributed by atoms with Crippen LogP contribution >= 0.6 is 22.6 Å². The van der Waals surface area contributed by atoms with Crippen LogP contribution < -0.4 is 10.2 Å². The smallest absolute Gasteiger partial charge is 0.281 e. The Hall–Kier alpha value is -2.71. The topological polar surface area (TPSA) is 70.9 Å². The van der Waals surface area contributed by atoms with Crippen LogP contribution in [0.3, 0.4) is 0 Å². The molecule has 6 heteroatoms. The minimum atomic E-state index is -1.85. The zero-order chi connectivity index (χ0) is 20.0. The van der Waals surface area contributed by atoms with E-state index in [1.165, 1.54) is 6.21 Å². The summed E-state index contributed by atoms with van der Waals surface area (Å²) >= 11 is 2.17. The van der Waals surface area contributed by atoms with Crippen molar-refractivity contribution in [3.05, 3.63) is 99.1 Å². The molecule has 0 aromatic heterocycles. The van der Waals surface area contributed by atoms with Gasteiger partial charge in [0.2, 0.25) is 0 Å². The highest BCUT2D eigenvalue weighted by Crippen LogP contribution is 2.29. The second kappa shape index (κ2) is 8.99. The van der Waals surface area contributed by atoms with Gasteiger partial charge in [-0.15, -0.1) is 0 Å². The molecule has 2 N–H and O–H groups in total. The van der Waals surface area contributed by atoms with E-state index in [4.69, 9.17) is 4.74 Å². The van der Waals surface area contributed by atoms with Gasteiger partial charge in [-0.25, -0.2) is 5.43 Å². The number of carbonyl (C=O) groups excluding carboxylic acids is 1. The summed E-state index contributed by atoms with van der Waals surface area (Å²) in [7, 11) is 1.61. The van der Waals surface area contributed by atoms with Gasteiger partial charge in [0.1, 0.15) is 5.75 Å². The Kier molecular flexibility index (Phi) is 6.43. The summed E-state index contributed by atoms with van der Waals surface area (Å²) in [5.41, 5.74) is 2.34. The largest absolute Gasteiger partial charge is 0.496 e. The first-order chi connectivity index (χ1) is 13.6. The summed E-state index contributed by atoms with van der Waals surface area (Å²) in [6, 6.07) is 23.2. The Bertz CT molecular complexity index is 936. The van der Waals surface area contributed by atoms with Crippen LogP contribution in [0.15, 0.2) is 84.0 Å². The van der Waals surface area contributed by atoms with Gasteiger partial charge < -0.3 is 9.84 Å². The molecule has 3 aromatic rings. The molecule has 0 heterocycles. The monoisotopic (exact) mass is 486 g/mol. The Balaban J connectivity index is 1.86. The fourth-order valence-electron chi connectivity index (χ4n) is 2.80. The second-order valence-electron chi connectivity index (χ2n) is 6.04. The van der Waals surface area contributed by atoms with Crippen LogP contribution in [0, 0.1) is 3.57 Å². The lowest BCUT2D eigenvalue weighted by molar-refractivity contribution is -0.136. The van der Waals surface area contributed by atoms with Crippen molar-refractivity contribution < 1.29 is 14.6 Å². The highest BCUT2D eigenvalue weighted by molar-refractivity contribution is 14.1. The van der Waals surface area contributed by atoms with E-state index >= 15 is 0 Å². The van der Waals surface area contributed by atoms with Crippen LogP contribution in [0.4, 0.5) is 0 Å². The number of aliphatic hydroxyl groups is 1. The number of hydrogen-bond acceptors (Lipinski definition) is 4. The standard InChI is InChI=1S/C22H19IN2O3/c1-28-20-13-12-16(14-19(20)23)15-24-25-21(26)22(27,17-8-4-2-5-9-17)18-10-6-3-7-11-18/h2-15,27H,1H3,(H,25,26). The van der Waals surface area contributed by atoms with E-state index in [2.05, 4.69) is 33.1 Å². The van der Waals surface area contributed by atoms with Crippen LogP contribution in [0.1, 0.15) is 16.7 Å². The summed E-state index contributed by atoms with van der Waals surface area (Å²) in [5.74, 6) is 0.133. The van der Waals surface area contributed by atoms with Crippen LogP contribution in [-0.4, -0.2) is 24.3 Å². The number of hydrazone groups is 1. The van der Waals surface area contributed by atoms with Crippen molar-refractivity contribution in [1.29, 1.82) is 0 Å². The molecule has 0 atom stereocenters. The van der Waals surface area contributed by atoms with Gasteiger partial charge in [-0.1, -0.05) is 60.7 Å². The Labute approximate surface area is 177 Å². The summed E-state index contributed by atoms with van der Waals surface area (Å²) in [6.07, 6.45) is 1.52. The number of benzene rings is 3. The quantitative estimate of drug-likeness (QED) is 0.317. The maximum Gasteiger partial charge on any atom is 0.281 e. The predicted molar refractivity (Wildman–Crippen MR) is 117 cm³/mol. The predicted octanol–water partition coefficient (Wildman–Crippen LogP) is 3.69. The molecule has 0 aliphatic carbocycles. The van der Waals surface area contributed by atoms with E-state index < -0.39 is 11.5 Å². The van der Waals surface area contributed by atoms with Gasteiger partial charge in [-0.2, -0.15) is 5.10 Å². The fourth-order valence-corrected chi connectivity index (χ4v) is 3.56. The number of methoxy groups -OCH3 is 1. The van der Waals surface area contributed by atoms with Gasteiger partial charge in [0, 0.05) is 0 Å². The maximum atomic E-state index is 12.9. The van der Waals surface area contributed by atoms with E-state index in [1.54, 1.807) is 55.6 Å². The number of nitrogens with zero attached hydrogens (tertiary/aromatic N) is 1. The Morgan fingerprint density at radius 2 is 1.61 bits per heavy atom. The van der Waals surface area contributed by atoms with Crippen molar-refractivity contribution in [1.82, 2.24) is 5.43 Å². The lowest BCUT2D eigenvalue weighted by Crippen LogP contribution is -2.43. The van der Waals surface area contributed by atoms with Gasteiger partial charge >= 0.3 is 0 Å². The SMILES string of the molecule is COc1ccc(C=NNC(=O)C(O)(c2ccccc2)c2ccccc2)cc1I. The molecule has 0 spiro atoms. The molecule has 142 valence electrons. The average molecular weight is 486 g/mol. The summed E-state index contributed by atoms with van der Waals surface area (Å²) < 4.78 is 6.16. The van der Waals surface area contributed by atoms with E-state index in [0.29, 0.717) is 11.1 Å². The molecule has 3 aromatic carbocycles. The number of rotatable bonds is 6. The molecule has 5 nitrogen and oxygen atoms in total. The van der Waals surface area contributed by atoms with Crippen molar-refractivity contribution in [2.24, 2.45) is 5.10 Å². The van der Waals surface area contributed by atoms with Crippen molar-refractivity contribution in [3.8, 4) is 5.75 Å². The fraction of sp³-hybridized carbons (Fsp3) is 0.0909. The number of nitrogens with one attached hydrogen (secondary N) is 1. The zero-order valence-corrected chi connectivity index (χ0v) is 17.3. The number of amides is 1. The molecule has 3 rings (SSSR count). The molecule has 0 aliphatic heterocycles. The Morgan fingerprint density at radius 3 is 2.11 bits per heavy atom. The molecule has 0 saturated heterocycles. The van der Waals surface area contributed by atoms with E-state index in [0.717, 1.165) is 14.9 Å². The normalized spacial score (nSPS) is 11.4. The van der Waals surface area contributed by atoms with Crippen molar-refractivity contribution in [3.63, 3.8) is 0 Å². The molecule has 0 aliphatic rings. The van der Waals surface area contributed by atoms with E-state index in [1.807, 2.05) is 30.3 Å². The maximum absolute atomic E-state index is 12.9. The first kappa shape index (κ1) is 20.0. The minimum Gasteiger partial charge on any atom is -0.496 e. The first-order valence-corrected chi connectivity index (χ1v) is 9.64. The highest BCUT2D eigenvalue weighted by Gasteiger charge is 2.39. The Morgan fingerprint density at radius 1 is 1.04 bits per heavy atom. The second-order valence-corrected chi connectivity index (χ2v) is 7.20. The molecule has 0 unspecified atom stereocenters. The third-order valence-corrected chi connectivity index (χ3v) is 5.11. The summed E-state index contributed by atoms with van der Waals surface area (Å²) in [6.45, 7) is 0. The molecule has 0 fully saturated rings. The van der Waals surface area contributed by atoms with Crippen molar-refractivity contribution in [2.75, 3.05) is 7.11 Å². The molecular weight excluding hydrogens is 467 g/mol. The number of hydrogen-bond donors (Lipinski definition) is 2. The molecule has 28 heavy (non-hydrogen) atoms. The van der Waals surface area contributed by atoms with Crippen LogP contribution in [0.2, 0.25) is 0 Å². The number of halogens is 1. The van der Waals surface area contributed by atoms with Gasteiger partial charge in [-0.05, 0) is 57.5 Å². The molecule has 0 radical (unpaired) electrons. The first-order valence-electron chi connectivity index (χ1n) is 8.56. The highest BCUT2D eigenvalue weighted by atomic mass is 127. The lowest BCUT2D eigenvalue weighted by Gasteiger charge is -2.27. The van der Waals surface area contributed by atoms with Gasteiger partial charge in [0.05, 0.1) is 16.9 Å². The van der Waals surface area contributed by atoms with E-state index in [9.17, 15) is 9.90 Å².